The number of halogens is 2. The molecule has 4 rings (SSSR count). The van der Waals surface area contributed by atoms with Gasteiger partial charge in [0.25, 0.3) is 0 Å². The highest BCUT2D eigenvalue weighted by molar-refractivity contribution is 6.42. The second kappa shape index (κ2) is 5.96. The highest BCUT2D eigenvalue weighted by Gasteiger charge is 2.25. The third kappa shape index (κ3) is 2.58. The fourth-order valence-electron chi connectivity index (χ4n) is 2.81. The monoisotopic (exact) mass is 356 g/mol. The van der Waals surface area contributed by atoms with Gasteiger partial charge in [-0.2, -0.15) is 10.1 Å². The summed E-state index contributed by atoms with van der Waals surface area (Å²) < 4.78 is 1.80. The highest BCUT2D eigenvalue weighted by Crippen LogP contribution is 2.37. The van der Waals surface area contributed by atoms with Crippen LogP contribution in [0.1, 0.15) is 22.7 Å². The zero-order valence-electron chi connectivity index (χ0n) is 12.9. The van der Waals surface area contributed by atoms with Crippen LogP contribution in [0, 0.1) is 6.92 Å². The lowest BCUT2D eigenvalue weighted by Gasteiger charge is -2.25. The third-order valence-electron chi connectivity index (χ3n) is 4.07. The van der Waals surface area contributed by atoms with Crippen molar-refractivity contribution in [2.45, 2.75) is 13.0 Å². The molecule has 0 spiro atoms. The van der Waals surface area contributed by atoms with E-state index in [1.54, 1.807) is 10.7 Å². The van der Waals surface area contributed by atoms with Gasteiger partial charge in [0.2, 0.25) is 5.95 Å². The lowest BCUT2D eigenvalue weighted by molar-refractivity contribution is 0.612. The Morgan fingerprint density at radius 2 is 1.88 bits per heavy atom. The van der Waals surface area contributed by atoms with Crippen molar-refractivity contribution in [3.8, 4) is 0 Å². The van der Waals surface area contributed by atoms with Crippen LogP contribution in [0.4, 0.5) is 5.95 Å². The van der Waals surface area contributed by atoms with Crippen molar-refractivity contribution in [1.29, 1.82) is 0 Å². The van der Waals surface area contributed by atoms with E-state index in [2.05, 4.69) is 52.7 Å². The SMILES string of the molecule is Cc1ccc(C2=C[C@H](c3cccc(Cl)c3Cl)n3ncnc3N2)cc1. The van der Waals surface area contributed by atoms with E-state index in [1.165, 1.54) is 11.9 Å². The molecule has 4 nitrogen and oxygen atoms in total. The maximum Gasteiger partial charge on any atom is 0.226 e. The van der Waals surface area contributed by atoms with Crippen LogP contribution in [0.5, 0.6) is 0 Å². The summed E-state index contributed by atoms with van der Waals surface area (Å²) in [6, 6.07) is 13.8. The van der Waals surface area contributed by atoms with Gasteiger partial charge in [-0.15, -0.1) is 0 Å². The smallest absolute Gasteiger partial charge is 0.226 e. The van der Waals surface area contributed by atoms with E-state index < -0.39 is 0 Å². The van der Waals surface area contributed by atoms with E-state index in [0.29, 0.717) is 16.0 Å². The molecule has 6 heteroatoms. The average Bonchev–Trinajstić information content (AvgIpc) is 3.06. The van der Waals surface area contributed by atoms with Crippen molar-refractivity contribution >= 4 is 34.8 Å². The van der Waals surface area contributed by atoms with Crippen LogP contribution in [-0.2, 0) is 0 Å². The first-order valence-corrected chi connectivity index (χ1v) is 8.28. The van der Waals surface area contributed by atoms with Gasteiger partial charge in [-0.25, -0.2) is 4.68 Å². The van der Waals surface area contributed by atoms with Crippen LogP contribution in [-0.4, -0.2) is 14.8 Å². The second-order valence-corrected chi connectivity index (χ2v) is 6.47. The Morgan fingerprint density at radius 3 is 2.67 bits per heavy atom. The van der Waals surface area contributed by atoms with Gasteiger partial charge in [-0.3, -0.25) is 0 Å². The number of hydrogen-bond acceptors (Lipinski definition) is 3. The number of anilines is 1. The zero-order valence-corrected chi connectivity index (χ0v) is 14.4. The molecule has 1 aliphatic rings. The summed E-state index contributed by atoms with van der Waals surface area (Å²) >= 11 is 12.6. The van der Waals surface area contributed by atoms with Crippen molar-refractivity contribution in [1.82, 2.24) is 14.8 Å². The quantitative estimate of drug-likeness (QED) is 0.706. The van der Waals surface area contributed by atoms with Crippen molar-refractivity contribution in [3.05, 3.63) is 81.6 Å². The Bertz CT molecular complexity index is 928. The van der Waals surface area contributed by atoms with E-state index in [1.807, 2.05) is 12.1 Å². The molecule has 2 aromatic carbocycles. The lowest BCUT2D eigenvalue weighted by Crippen LogP contribution is -2.20. The van der Waals surface area contributed by atoms with Crippen LogP contribution in [0.3, 0.4) is 0 Å². The predicted molar refractivity (Wildman–Crippen MR) is 97.4 cm³/mol. The fourth-order valence-corrected chi connectivity index (χ4v) is 3.23. The second-order valence-electron chi connectivity index (χ2n) is 5.69. The topological polar surface area (TPSA) is 42.7 Å². The van der Waals surface area contributed by atoms with Crippen molar-refractivity contribution < 1.29 is 0 Å². The molecule has 0 amide bonds. The van der Waals surface area contributed by atoms with Gasteiger partial charge in [-0.05, 0) is 24.6 Å². The third-order valence-corrected chi connectivity index (χ3v) is 4.90. The van der Waals surface area contributed by atoms with E-state index in [-0.39, 0.29) is 6.04 Å². The molecule has 0 bridgehead atoms. The van der Waals surface area contributed by atoms with Gasteiger partial charge in [0.05, 0.1) is 10.0 Å². The molecule has 0 aliphatic carbocycles. The molecule has 0 radical (unpaired) electrons. The first kappa shape index (κ1) is 15.2. The summed E-state index contributed by atoms with van der Waals surface area (Å²) in [4.78, 5) is 4.30. The Morgan fingerprint density at radius 1 is 1.08 bits per heavy atom. The standard InChI is InChI=1S/C18H14Cl2N4/c1-11-5-7-12(8-6-11)15-9-16(24-18(23-15)21-10-22-24)13-3-2-4-14(19)17(13)20/h2-10,16H,1H3,(H,21,22,23)/t16-/m1/s1. The lowest BCUT2D eigenvalue weighted by atomic mass is 10.0. The first-order chi connectivity index (χ1) is 11.6. The molecule has 0 saturated heterocycles. The number of aromatic nitrogens is 3. The summed E-state index contributed by atoms with van der Waals surface area (Å²) in [6.07, 6.45) is 3.61. The minimum absolute atomic E-state index is 0.175. The van der Waals surface area contributed by atoms with E-state index in [9.17, 15) is 0 Å². The van der Waals surface area contributed by atoms with Crippen LogP contribution < -0.4 is 5.32 Å². The highest BCUT2D eigenvalue weighted by atomic mass is 35.5. The van der Waals surface area contributed by atoms with Gasteiger partial charge in [-0.1, -0.05) is 65.2 Å². The molecule has 1 aromatic heterocycles. The Labute approximate surface area is 149 Å². The average molecular weight is 357 g/mol. The molecule has 1 N–H and O–H groups in total. The minimum Gasteiger partial charge on any atom is -0.324 e. The van der Waals surface area contributed by atoms with Crippen LogP contribution in [0.2, 0.25) is 10.0 Å². The van der Waals surface area contributed by atoms with Crippen LogP contribution >= 0.6 is 23.2 Å². The molecule has 24 heavy (non-hydrogen) atoms. The fraction of sp³-hybridized carbons (Fsp3) is 0.111. The number of aryl methyl sites for hydroxylation is 1. The maximum atomic E-state index is 6.43. The van der Waals surface area contributed by atoms with Crippen LogP contribution in [0.15, 0.2) is 54.9 Å². The summed E-state index contributed by atoms with van der Waals surface area (Å²) in [5.41, 5.74) is 4.16. The number of benzene rings is 2. The summed E-state index contributed by atoms with van der Waals surface area (Å²) in [7, 11) is 0. The molecule has 1 aliphatic heterocycles. The number of hydrogen-bond donors (Lipinski definition) is 1. The van der Waals surface area contributed by atoms with E-state index in [4.69, 9.17) is 23.2 Å². The summed E-state index contributed by atoms with van der Waals surface area (Å²) in [6.45, 7) is 2.07. The molecule has 0 saturated carbocycles. The van der Waals surface area contributed by atoms with Crippen LogP contribution in [0.25, 0.3) is 5.70 Å². The molecule has 0 unspecified atom stereocenters. The Balaban J connectivity index is 1.85. The maximum absolute atomic E-state index is 6.43. The zero-order chi connectivity index (χ0) is 16.7. The van der Waals surface area contributed by atoms with Gasteiger partial charge in [0, 0.05) is 11.3 Å². The molecule has 0 fully saturated rings. The minimum atomic E-state index is -0.175. The number of allylic oxidation sites excluding steroid dienone is 1. The van der Waals surface area contributed by atoms with Crippen molar-refractivity contribution in [2.75, 3.05) is 5.32 Å². The number of nitrogens with zero attached hydrogens (tertiary/aromatic N) is 3. The van der Waals surface area contributed by atoms with Gasteiger partial charge in [0.1, 0.15) is 12.4 Å². The van der Waals surface area contributed by atoms with Crippen molar-refractivity contribution in [2.24, 2.45) is 0 Å². The molecule has 3 aromatic rings. The number of fused-ring (bicyclic) bond motifs is 1. The van der Waals surface area contributed by atoms with Crippen molar-refractivity contribution in [3.63, 3.8) is 0 Å². The Kier molecular flexibility index (Phi) is 3.79. The van der Waals surface area contributed by atoms with Gasteiger partial charge in [0.15, 0.2) is 0 Å². The predicted octanol–water partition coefficient (Wildman–Crippen LogP) is 4.95. The molecular weight excluding hydrogens is 343 g/mol. The van der Waals surface area contributed by atoms with E-state index >= 15 is 0 Å². The molecule has 120 valence electrons. The van der Waals surface area contributed by atoms with Gasteiger partial charge < -0.3 is 5.32 Å². The summed E-state index contributed by atoms with van der Waals surface area (Å²) in [5.74, 6) is 0.675. The summed E-state index contributed by atoms with van der Waals surface area (Å²) in [5, 5.41) is 8.71. The Hall–Kier alpha value is -2.30. The number of nitrogens with one attached hydrogen (secondary N) is 1. The largest absolute Gasteiger partial charge is 0.324 e. The normalized spacial score (nSPS) is 16.3. The number of rotatable bonds is 2. The molecule has 2 heterocycles. The molecular formula is C18H14Cl2N4. The first-order valence-electron chi connectivity index (χ1n) is 7.53. The van der Waals surface area contributed by atoms with Gasteiger partial charge >= 0.3 is 0 Å². The molecule has 1 atom stereocenters. The van der Waals surface area contributed by atoms with E-state index in [0.717, 1.165) is 16.8 Å².